The van der Waals surface area contributed by atoms with E-state index in [0.717, 1.165) is 31.5 Å². The van der Waals surface area contributed by atoms with Crippen LogP contribution in [0.1, 0.15) is 35.7 Å². The van der Waals surface area contributed by atoms with Gasteiger partial charge in [-0.3, -0.25) is 14.9 Å². The third kappa shape index (κ3) is 4.94. The van der Waals surface area contributed by atoms with E-state index < -0.39 is 17.0 Å². The van der Waals surface area contributed by atoms with Gasteiger partial charge < -0.3 is 14.5 Å². The number of carbonyl (C=O) groups excluding carboxylic acids is 2. The molecule has 1 amide bonds. The molecule has 2 aromatic rings. The molecule has 1 fully saturated rings. The zero-order valence-corrected chi connectivity index (χ0v) is 17.1. The average Bonchev–Trinajstić information content (AvgIpc) is 3.28. The highest BCUT2D eigenvalue weighted by atomic mass is 16.6. The Balaban J connectivity index is 1.67. The minimum Gasteiger partial charge on any atom is -0.449 e. The first-order chi connectivity index (χ1) is 14.4. The maximum atomic E-state index is 12.6. The Labute approximate surface area is 175 Å². The average molecular weight is 411 g/mol. The summed E-state index contributed by atoms with van der Waals surface area (Å²) in [7, 11) is 1.63. The number of carbonyl (C=O) groups is 2. The van der Waals surface area contributed by atoms with Crippen LogP contribution in [0.2, 0.25) is 0 Å². The van der Waals surface area contributed by atoms with E-state index in [0.29, 0.717) is 12.2 Å². The molecule has 8 heteroatoms. The number of nitro groups is 1. The van der Waals surface area contributed by atoms with Crippen LogP contribution in [0.4, 0.5) is 11.4 Å². The number of amides is 1. The summed E-state index contributed by atoms with van der Waals surface area (Å²) in [6.07, 6.45) is 0.956. The number of nitro benzene ring substituents is 1. The normalized spacial score (nSPS) is 14.3. The molecule has 0 saturated carbocycles. The van der Waals surface area contributed by atoms with Gasteiger partial charge in [-0.15, -0.1) is 0 Å². The fourth-order valence-corrected chi connectivity index (χ4v) is 3.55. The van der Waals surface area contributed by atoms with E-state index in [4.69, 9.17) is 4.74 Å². The van der Waals surface area contributed by atoms with Gasteiger partial charge in [-0.2, -0.15) is 0 Å². The number of ether oxygens (including phenoxy) is 1. The second kappa shape index (κ2) is 9.39. The van der Waals surface area contributed by atoms with Crippen LogP contribution in [-0.4, -0.2) is 47.9 Å². The van der Waals surface area contributed by atoms with Gasteiger partial charge >= 0.3 is 5.97 Å². The molecule has 1 aliphatic heterocycles. The Kier molecular flexibility index (Phi) is 6.66. The lowest BCUT2D eigenvalue weighted by Crippen LogP contribution is -2.37. The molecule has 1 heterocycles. The number of rotatable bonds is 7. The van der Waals surface area contributed by atoms with Crippen LogP contribution in [-0.2, 0) is 16.1 Å². The SMILES string of the molecule is C[C@@H](OC(=O)c1ccc(N2CCCC2)c([N+](=O)[O-])c1)C(=O)N(C)Cc1ccccc1. The molecule has 0 aromatic heterocycles. The zero-order valence-electron chi connectivity index (χ0n) is 17.1. The lowest BCUT2D eigenvalue weighted by Gasteiger charge is -2.22. The highest BCUT2D eigenvalue weighted by molar-refractivity contribution is 5.93. The fourth-order valence-electron chi connectivity index (χ4n) is 3.55. The number of hydrogen-bond donors (Lipinski definition) is 0. The molecule has 0 radical (unpaired) electrons. The van der Waals surface area contributed by atoms with Crippen LogP contribution in [0.3, 0.4) is 0 Å². The molecule has 30 heavy (non-hydrogen) atoms. The summed E-state index contributed by atoms with van der Waals surface area (Å²) in [6, 6.07) is 13.8. The molecule has 1 saturated heterocycles. The molecule has 2 aromatic carbocycles. The van der Waals surface area contributed by atoms with Crippen molar-refractivity contribution in [3.8, 4) is 0 Å². The van der Waals surface area contributed by atoms with Gasteiger partial charge in [0.25, 0.3) is 11.6 Å². The maximum absolute atomic E-state index is 12.6. The van der Waals surface area contributed by atoms with E-state index in [9.17, 15) is 19.7 Å². The summed E-state index contributed by atoms with van der Waals surface area (Å²) >= 11 is 0. The molecule has 158 valence electrons. The second-order valence-electron chi connectivity index (χ2n) is 7.38. The Hall–Kier alpha value is -3.42. The van der Waals surface area contributed by atoms with Gasteiger partial charge in [0.15, 0.2) is 6.10 Å². The van der Waals surface area contributed by atoms with Gasteiger partial charge in [0.1, 0.15) is 5.69 Å². The van der Waals surface area contributed by atoms with Crippen LogP contribution in [0.25, 0.3) is 0 Å². The maximum Gasteiger partial charge on any atom is 0.339 e. The molecular formula is C22H25N3O5. The molecular weight excluding hydrogens is 386 g/mol. The van der Waals surface area contributed by atoms with Crippen molar-refractivity contribution < 1.29 is 19.2 Å². The minimum absolute atomic E-state index is 0.0509. The molecule has 1 atom stereocenters. The standard InChI is InChI=1S/C22H25N3O5/c1-16(21(26)23(2)15-17-8-4-3-5-9-17)30-22(27)18-10-11-19(20(14-18)25(28)29)24-12-6-7-13-24/h3-5,8-11,14,16H,6-7,12-13,15H2,1-2H3/t16-/m1/s1. The summed E-state index contributed by atoms with van der Waals surface area (Å²) in [6.45, 7) is 3.39. The topological polar surface area (TPSA) is 93.0 Å². The van der Waals surface area contributed by atoms with Crippen molar-refractivity contribution in [1.29, 1.82) is 0 Å². The number of benzene rings is 2. The third-order valence-electron chi connectivity index (χ3n) is 5.12. The van der Waals surface area contributed by atoms with Crippen molar-refractivity contribution in [2.45, 2.75) is 32.4 Å². The Bertz CT molecular complexity index is 926. The number of nitrogens with zero attached hydrogens (tertiary/aromatic N) is 3. The predicted octanol–water partition coefficient (Wildman–Crippen LogP) is 3.40. The largest absolute Gasteiger partial charge is 0.449 e. The summed E-state index contributed by atoms with van der Waals surface area (Å²) in [5.74, 6) is -1.12. The Morgan fingerprint density at radius 2 is 1.83 bits per heavy atom. The second-order valence-corrected chi connectivity index (χ2v) is 7.38. The molecule has 0 N–H and O–H groups in total. The molecule has 0 bridgehead atoms. The number of esters is 1. The number of hydrogen-bond acceptors (Lipinski definition) is 6. The van der Waals surface area contributed by atoms with E-state index >= 15 is 0 Å². The summed E-state index contributed by atoms with van der Waals surface area (Å²) < 4.78 is 5.29. The van der Waals surface area contributed by atoms with Gasteiger partial charge in [0.05, 0.1) is 10.5 Å². The lowest BCUT2D eigenvalue weighted by atomic mass is 10.1. The van der Waals surface area contributed by atoms with Gasteiger partial charge in [-0.1, -0.05) is 30.3 Å². The first-order valence-electron chi connectivity index (χ1n) is 9.90. The van der Waals surface area contributed by atoms with Crippen LogP contribution in [0.15, 0.2) is 48.5 Å². The molecule has 1 aliphatic rings. The van der Waals surface area contributed by atoms with E-state index in [1.54, 1.807) is 13.1 Å². The monoisotopic (exact) mass is 411 g/mol. The highest BCUT2D eigenvalue weighted by Crippen LogP contribution is 2.32. The van der Waals surface area contributed by atoms with Crippen molar-refractivity contribution in [2.75, 3.05) is 25.0 Å². The molecule has 8 nitrogen and oxygen atoms in total. The van der Waals surface area contributed by atoms with Crippen molar-refractivity contribution in [2.24, 2.45) is 0 Å². The van der Waals surface area contributed by atoms with Crippen LogP contribution in [0, 0.1) is 10.1 Å². The number of likely N-dealkylation sites (N-methyl/N-ethyl adjacent to an activating group) is 1. The lowest BCUT2D eigenvalue weighted by molar-refractivity contribution is -0.384. The first kappa shape index (κ1) is 21.3. The van der Waals surface area contributed by atoms with Crippen LogP contribution < -0.4 is 4.90 Å². The van der Waals surface area contributed by atoms with E-state index in [1.807, 2.05) is 35.2 Å². The molecule has 0 aliphatic carbocycles. The zero-order chi connectivity index (χ0) is 21.7. The van der Waals surface area contributed by atoms with Gasteiger partial charge in [-0.05, 0) is 37.5 Å². The summed E-state index contributed by atoms with van der Waals surface area (Å²) in [4.78, 5) is 39.5. The third-order valence-corrected chi connectivity index (χ3v) is 5.12. The highest BCUT2D eigenvalue weighted by Gasteiger charge is 2.26. The smallest absolute Gasteiger partial charge is 0.339 e. The molecule has 3 rings (SSSR count). The first-order valence-corrected chi connectivity index (χ1v) is 9.90. The van der Waals surface area contributed by atoms with Gasteiger partial charge in [0.2, 0.25) is 0 Å². The van der Waals surface area contributed by atoms with Gasteiger partial charge in [0, 0.05) is 32.7 Å². The molecule has 0 spiro atoms. The fraction of sp³-hybridized carbons (Fsp3) is 0.364. The number of anilines is 1. The van der Waals surface area contributed by atoms with Crippen molar-refractivity contribution >= 4 is 23.3 Å². The van der Waals surface area contributed by atoms with Crippen molar-refractivity contribution in [3.63, 3.8) is 0 Å². The Morgan fingerprint density at radius 1 is 1.17 bits per heavy atom. The van der Waals surface area contributed by atoms with Gasteiger partial charge in [-0.25, -0.2) is 4.79 Å². The van der Waals surface area contributed by atoms with Crippen molar-refractivity contribution in [3.05, 3.63) is 69.8 Å². The summed E-state index contributed by atoms with van der Waals surface area (Å²) in [5, 5.41) is 11.5. The minimum atomic E-state index is -1.01. The van der Waals surface area contributed by atoms with E-state index in [2.05, 4.69) is 0 Å². The van der Waals surface area contributed by atoms with Crippen molar-refractivity contribution in [1.82, 2.24) is 4.90 Å². The van der Waals surface area contributed by atoms with Crippen LogP contribution >= 0.6 is 0 Å². The van der Waals surface area contributed by atoms with E-state index in [-0.39, 0.29) is 17.2 Å². The Morgan fingerprint density at radius 3 is 2.47 bits per heavy atom. The summed E-state index contributed by atoms with van der Waals surface area (Å²) in [5.41, 5.74) is 1.38. The molecule has 0 unspecified atom stereocenters. The van der Waals surface area contributed by atoms with E-state index in [1.165, 1.54) is 24.0 Å². The quantitative estimate of drug-likeness (QED) is 0.394. The predicted molar refractivity (Wildman–Crippen MR) is 112 cm³/mol. The van der Waals surface area contributed by atoms with Crippen LogP contribution in [0.5, 0.6) is 0 Å².